The summed E-state index contributed by atoms with van der Waals surface area (Å²) in [6.45, 7) is 2.21. The van der Waals surface area contributed by atoms with E-state index in [1.54, 1.807) is 0 Å². The highest BCUT2D eigenvalue weighted by atomic mass is 79.9. The van der Waals surface area contributed by atoms with Crippen molar-refractivity contribution in [3.05, 3.63) is 33.8 Å². The van der Waals surface area contributed by atoms with E-state index >= 15 is 0 Å². The molecule has 0 bridgehead atoms. The molecule has 0 aromatic heterocycles. The summed E-state index contributed by atoms with van der Waals surface area (Å²) in [5, 5.41) is 12.1. The van der Waals surface area contributed by atoms with Crippen LogP contribution in [0, 0.1) is 0 Å². The van der Waals surface area contributed by atoms with E-state index in [1.165, 1.54) is 22.0 Å². The van der Waals surface area contributed by atoms with Gasteiger partial charge in [-0.2, -0.15) is 0 Å². The van der Waals surface area contributed by atoms with Crippen LogP contribution in [0.25, 0.3) is 0 Å². The average molecular weight is 310 g/mol. The highest BCUT2D eigenvalue weighted by Gasteiger charge is 2.20. The molecule has 0 heterocycles. The average Bonchev–Trinajstić information content (AvgIpc) is 2.38. The Morgan fingerprint density at radius 2 is 2.00 bits per heavy atom. The van der Waals surface area contributed by atoms with Crippen molar-refractivity contribution < 1.29 is 5.21 Å². The Kier molecular flexibility index (Phi) is 4.81. The molecule has 1 saturated carbocycles. The molecule has 18 heavy (non-hydrogen) atoms. The summed E-state index contributed by atoms with van der Waals surface area (Å²) in [6, 6.07) is 6.81. The van der Waals surface area contributed by atoms with E-state index < -0.39 is 0 Å². The van der Waals surface area contributed by atoms with Crippen LogP contribution in [0.3, 0.4) is 0 Å². The monoisotopic (exact) mass is 309 g/mol. The quantitative estimate of drug-likeness (QED) is 0.626. The third-order valence-electron chi connectivity index (χ3n) is 3.69. The maximum Gasteiger partial charge on any atom is 0.0571 e. The summed E-state index contributed by atoms with van der Waals surface area (Å²) in [5.41, 5.74) is 3.81. The van der Waals surface area contributed by atoms with Gasteiger partial charge in [-0.1, -0.05) is 40.5 Å². The van der Waals surface area contributed by atoms with Crippen molar-refractivity contribution in [2.75, 3.05) is 0 Å². The lowest BCUT2D eigenvalue weighted by Gasteiger charge is -2.23. The first-order valence-corrected chi connectivity index (χ1v) is 7.51. The molecule has 0 unspecified atom stereocenters. The van der Waals surface area contributed by atoms with Gasteiger partial charge in [-0.05, 0) is 61.3 Å². The van der Waals surface area contributed by atoms with E-state index in [0.717, 1.165) is 37.8 Å². The first-order valence-electron chi connectivity index (χ1n) is 6.72. The Labute approximate surface area is 117 Å². The van der Waals surface area contributed by atoms with Crippen molar-refractivity contribution in [3.63, 3.8) is 0 Å². The number of hydrogen-bond donors (Lipinski definition) is 1. The molecule has 1 aliphatic carbocycles. The SMILES string of the molecule is CCCc1cc(Br)cc(C2CCC(=NO)CC2)c1. The topological polar surface area (TPSA) is 32.6 Å². The molecule has 1 fully saturated rings. The summed E-state index contributed by atoms with van der Waals surface area (Å²) in [6.07, 6.45) is 6.38. The molecule has 3 heteroatoms. The molecule has 1 aromatic carbocycles. The van der Waals surface area contributed by atoms with Gasteiger partial charge in [0.25, 0.3) is 0 Å². The zero-order valence-electron chi connectivity index (χ0n) is 10.8. The number of rotatable bonds is 3. The van der Waals surface area contributed by atoms with E-state index in [2.05, 4.69) is 46.2 Å². The largest absolute Gasteiger partial charge is 0.411 e. The van der Waals surface area contributed by atoms with Gasteiger partial charge < -0.3 is 5.21 Å². The predicted octanol–water partition coefficient (Wildman–Crippen LogP) is 4.89. The minimum atomic E-state index is 0.614. The van der Waals surface area contributed by atoms with Crippen LogP contribution in [-0.2, 0) is 6.42 Å². The summed E-state index contributed by atoms with van der Waals surface area (Å²) >= 11 is 3.61. The van der Waals surface area contributed by atoms with Crippen LogP contribution < -0.4 is 0 Å². The second-order valence-electron chi connectivity index (χ2n) is 5.08. The van der Waals surface area contributed by atoms with Gasteiger partial charge in [0.1, 0.15) is 0 Å². The minimum Gasteiger partial charge on any atom is -0.411 e. The van der Waals surface area contributed by atoms with Crippen LogP contribution in [-0.4, -0.2) is 10.9 Å². The molecule has 2 rings (SSSR count). The molecule has 1 aromatic rings. The molecule has 1 N–H and O–H groups in total. The van der Waals surface area contributed by atoms with Crippen LogP contribution >= 0.6 is 15.9 Å². The van der Waals surface area contributed by atoms with Crippen molar-refractivity contribution >= 4 is 21.6 Å². The standard InChI is InChI=1S/C15H20BrNO/c1-2-3-11-8-13(10-14(16)9-11)12-4-6-15(17-18)7-5-12/h8-10,12,18H,2-7H2,1H3. The van der Waals surface area contributed by atoms with E-state index in [4.69, 9.17) is 5.21 Å². The second kappa shape index (κ2) is 6.37. The molecule has 0 aliphatic heterocycles. The Balaban J connectivity index is 2.13. The summed E-state index contributed by atoms with van der Waals surface area (Å²) in [7, 11) is 0. The zero-order valence-corrected chi connectivity index (χ0v) is 12.4. The third-order valence-corrected chi connectivity index (χ3v) is 4.15. The molecule has 0 saturated heterocycles. The lowest BCUT2D eigenvalue weighted by atomic mass is 9.82. The van der Waals surface area contributed by atoms with Crippen LogP contribution in [0.1, 0.15) is 56.1 Å². The van der Waals surface area contributed by atoms with E-state index in [9.17, 15) is 0 Å². The lowest BCUT2D eigenvalue weighted by Crippen LogP contribution is -2.13. The summed E-state index contributed by atoms with van der Waals surface area (Å²) < 4.78 is 1.19. The number of hydrogen-bond acceptors (Lipinski definition) is 2. The van der Waals surface area contributed by atoms with Gasteiger partial charge in [0.15, 0.2) is 0 Å². The van der Waals surface area contributed by atoms with Gasteiger partial charge in [-0.15, -0.1) is 0 Å². The zero-order chi connectivity index (χ0) is 13.0. The predicted molar refractivity (Wildman–Crippen MR) is 78.6 cm³/mol. The van der Waals surface area contributed by atoms with E-state index in [1.807, 2.05) is 0 Å². The molecular formula is C15H20BrNO. The fourth-order valence-electron chi connectivity index (χ4n) is 2.73. The molecular weight excluding hydrogens is 290 g/mol. The van der Waals surface area contributed by atoms with Gasteiger partial charge in [0.05, 0.1) is 5.71 Å². The van der Waals surface area contributed by atoms with Crippen molar-refractivity contribution in [1.29, 1.82) is 0 Å². The lowest BCUT2D eigenvalue weighted by molar-refractivity contribution is 0.313. The van der Waals surface area contributed by atoms with Crippen LogP contribution in [0.5, 0.6) is 0 Å². The van der Waals surface area contributed by atoms with Gasteiger partial charge in [0.2, 0.25) is 0 Å². The normalized spacial score (nSPS) is 19.9. The Morgan fingerprint density at radius 1 is 1.28 bits per heavy atom. The van der Waals surface area contributed by atoms with Gasteiger partial charge in [-0.3, -0.25) is 0 Å². The number of oxime groups is 1. The number of aryl methyl sites for hydroxylation is 1. The number of benzene rings is 1. The summed E-state index contributed by atoms with van der Waals surface area (Å²) in [4.78, 5) is 0. The third kappa shape index (κ3) is 3.35. The molecule has 0 spiro atoms. The molecule has 0 amide bonds. The van der Waals surface area contributed by atoms with Crippen molar-refractivity contribution in [2.24, 2.45) is 5.16 Å². The van der Waals surface area contributed by atoms with E-state index in [-0.39, 0.29) is 0 Å². The fraction of sp³-hybridized carbons (Fsp3) is 0.533. The van der Waals surface area contributed by atoms with Crippen LogP contribution in [0.2, 0.25) is 0 Å². The number of halogens is 1. The molecule has 0 atom stereocenters. The molecule has 98 valence electrons. The number of nitrogens with zero attached hydrogens (tertiary/aromatic N) is 1. The van der Waals surface area contributed by atoms with Crippen LogP contribution in [0.15, 0.2) is 27.8 Å². The maximum atomic E-state index is 8.79. The smallest absolute Gasteiger partial charge is 0.0571 e. The minimum absolute atomic E-state index is 0.614. The van der Waals surface area contributed by atoms with Crippen molar-refractivity contribution in [3.8, 4) is 0 Å². The Hall–Kier alpha value is -0.830. The van der Waals surface area contributed by atoms with Crippen molar-refractivity contribution in [1.82, 2.24) is 0 Å². The van der Waals surface area contributed by atoms with Gasteiger partial charge in [-0.25, -0.2) is 0 Å². The molecule has 0 radical (unpaired) electrons. The molecule has 2 nitrogen and oxygen atoms in total. The van der Waals surface area contributed by atoms with Gasteiger partial charge in [0, 0.05) is 4.47 Å². The highest BCUT2D eigenvalue weighted by Crippen LogP contribution is 2.33. The maximum absolute atomic E-state index is 8.79. The van der Waals surface area contributed by atoms with Crippen LogP contribution in [0.4, 0.5) is 0 Å². The first kappa shape index (κ1) is 13.6. The first-order chi connectivity index (χ1) is 8.72. The molecule has 1 aliphatic rings. The Bertz CT molecular complexity index is 432. The fourth-order valence-corrected chi connectivity index (χ4v) is 3.29. The second-order valence-corrected chi connectivity index (χ2v) is 6.00. The van der Waals surface area contributed by atoms with Gasteiger partial charge >= 0.3 is 0 Å². The van der Waals surface area contributed by atoms with E-state index in [0.29, 0.717) is 5.92 Å². The summed E-state index contributed by atoms with van der Waals surface area (Å²) in [5.74, 6) is 0.614. The Morgan fingerprint density at radius 3 is 2.61 bits per heavy atom. The van der Waals surface area contributed by atoms with Crippen molar-refractivity contribution in [2.45, 2.75) is 51.4 Å². The highest BCUT2D eigenvalue weighted by molar-refractivity contribution is 9.10.